The zero-order valence-electron chi connectivity index (χ0n) is 7.69. The Morgan fingerprint density at radius 3 is 2.81 bits per heavy atom. The van der Waals surface area contributed by atoms with E-state index in [9.17, 15) is 18.0 Å². The van der Waals surface area contributed by atoms with E-state index in [1.807, 2.05) is 0 Å². The summed E-state index contributed by atoms with van der Waals surface area (Å²) in [5.41, 5.74) is -0.110. The van der Waals surface area contributed by atoms with Crippen molar-refractivity contribution in [2.45, 2.75) is 6.30 Å². The minimum atomic E-state index is -4.76. The van der Waals surface area contributed by atoms with Crippen LogP contribution in [0.4, 0.5) is 13.2 Å². The number of fused-ring (bicyclic) bond motifs is 1. The summed E-state index contributed by atoms with van der Waals surface area (Å²) >= 11 is 0. The van der Waals surface area contributed by atoms with Crippen LogP contribution in [0.2, 0.25) is 0 Å². The molecule has 0 atom stereocenters. The van der Waals surface area contributed by atoms with Crippen LogP contribution in [0, 0.1) is 0 Å². The first-order chi connectivity index (χ1) is 7.47. The highest BCUT2D eigenvalue weighted by Gasteiger charge is 2.31. The first-order valence-corrected chi connectivity index (χ1v) is 4.15. The Labute approximate surface area is 86.9 Å². The molecule has 5 nitrogen and oxygen atoms in total. The smallest absolute Gasteiger partial charge is 0.269 e. The van der Waals surface area contributed by atoms with Crippen LogP contribution in [0.1, 0.15) is 10.4 Å². The van der Waals surface area contributed by atoms with Gasteiger partial charge in [0, 0.05) is 18.6 Å². The fourth-order valence-electron chi connectivity index (χ4n) is 1.21. The molecule has 2 heterocycles. The molecule has 0 radical (unpaired) electrons. The maximum Gasteiger partial charge on any atom is 0.484 e. The van der Waals surface area contributed by atoms with Gasteiger partial charge in [-0.25, -0.2) is 9.50 Å². The number of halogens is 3. The number of rotatable bonds is 1. The highest BCUT2D eigenvalue weighted by molar-refractivity contribution is 5.99. The molecule has 0 saturated carbocycles. The van der Waals surface area contributed by atoms with Crippen molar-refractivity contribution < 1.29 is 18.0 Å². The van der Waals surface area contributed by atoms with E-state index in [0.29, 0.717) is 0 Å². The molecule has 0 aromatic carbocycles. The molecule has 2 aromatic rings. The van der Waals surface area contributed by atoms with Crippen LogP contribution < -0.4 is 5.32 Å². The van der Waals surface area contributed by atoms with E-state index in [1.54, 1.807) is 0 Å². The molecule has 1 N–H and O–H groups in total. The molecular formula is C8H5F3N4O. The van der Waals surface area contributed by atoms with Gasteiger partial charge in [-0.3, -0.25) is 10.1 Å². The van der Waals surface area contributed by atoms with E-state index >= 15 is 0 Å². The summed E-state index contributed by atoms with van der Waals surface area (Å²) in [6.07, 6.45) is -0.768. The Morgan fingerprint density at radius 2 is 2.12 bits per heavy atom. The lowest BCUT2D eigenvalue weighted by Gasteiger charge is -2.08. The molecule has 8 heteroatoms. The predicted molar refractivity (Wildman–Crippen MR) is 46.5 cm³/mol. The summed E-state index contributed by atoms with van der Waals surface area (Å²) in [4.78, 5) is 15.0. The molecule has 0 saturated heterocycles. The van der Waals surface area contributed by atoms with Crippen molar-refractivity contribution in [3.05, 3.63) is 30.2 Å². The second kappa shape index (κ2) is 3.47. The van der Waals surface area contributed by atoms with Gasteiger partial charge >= 0.3 is 6.30 Å². The van der Waals surface area contributed by atoms with E-state index in [0.717, 1.165) is 5.32 Å². The summed E-state index contributed by atoms with van der Waals surface area (Å²) in [5.74, 6) is -1.26. The zero-order chi connectivity index (χ0) is 11.8. The van der Waals surface area contributed by atoms with Crippen molar-refractivity contribution in [3.8, 4) is 0 Å². The quantitative estimate of drug-likeness (QED) is 0.743. The normalized spacial score (nSPS) is 11.7. The van der Waals surface area contributed by atoms with Gasteiger partial charge in [-0.1, -0.05) is 0 Å². The lowest BCUT2D eigenvalue weighted by molar-refractivity contribution is -0.146. The van der Waals surface area contributed by atoms with Gasteiger partial charge in [-0.2, -0.15) is 18.3 Å². The summed E-state index contributed by atoms with van der Waals surface area (Å²) in [7, 11) is 0. The van der Waals surface area contributed by atoms with Crippen molar-refractivity contribution in [3.63, 3.8) is 0 Å². The average molecular weight is 230 g/mol. The Bertz CT molecular complexity index is 533. The molecule has 0 aliphatic heterocycles. The molecule has 84 valence electrons. The number of hydrogen-bond donors (Lipinski definition) is 1. The minimum absolute atomic E-state index is 0.0734. The number of imidazole rings is 1. The van der Waals surface area contributed by atoms with Gasteiger partial charge in [-0.05, 0) is 6.07 Å². The molecule has 0 aliphatic carbocycles. The topological polar surface area (TPSA) is 59.3 Å². The van der Waals surface area contributed by atoms with Crippen LogP contribution in [-0.4, -0.2) is 26.8 Å². The standard InChI is InChI=1S/C8H5F3N4O/c9-8(10,11)14-7(16)5-1-2-13-15-4-3-12-6(5)15/h1-4H,(H,14,16). The molecule has 16 heavy (non-hydrogen) atoms. The van der Waals surface area contributed by atoms with E-state index < -0.39 is 12.2 Å². The van der Waals surface area contributed by atoms with Gasteiger partial charge in [0.05, 0.1) is 5.56 Å². The second-order valence-electron chi connectivity index (χ2n) is 2.89. The first kappa shape index (κ1) is 10.4. The van der Waals surface area contributed by atoms with Gasteiger partial charge in [0.25, 0.3) is 5.91 Å². The Morgan fingerprint density at radius 1 is 1.38 bits per heavy atom. The maximum atomic E-state index is 11.9. The summed E-state index contributed by atoms with van der Waals surface area (Å²) in [6.45, 7) is 0. The summed E-state index contributed by atoms with van der Waals surface area (Å²) in [5, 5.41) is 4.67. The fourth-order valence-corrected chi connectivity index (χ4v) is 1.21. The van der Waals surface area contributed by atoms with Crippen LogP contribution in [0.15, 0.2) is 24.7 Å². The number of aromatic nitrogens is 3. The van der Waals surface area contributed by atoms with E-state index in [-0.39, 0.29) is 11.2 Å². The predicted octanol–water partition coefficient (Wildman–Crippen LogP) is 0.979. The molecule has 0 bridgehead atoms. The van der Waals surface area contributed by atoms with Crippen molar-refractivity contribution in [1.82, 2.24) is 19.9 Å². The average Bonchev–Trinajstić information content (AvgIpc) is 2.61. The number of carbonyl (C=O) groups excluding carboxylic acids is 1. The highest BCUT2D eigenvalue weighted by Crippen LogP contribution is 2.13. The summed E-state index contributed by atoms with van der Waals surface area (Å²) in [6, 6.07) is 1.17. The molecule has 0 unspecified atom stereocenters. The van der Waals surface area contributed by atoms with Crippen molar-refractivity contribution in [1.29, 1.82) is 0 Å². The molecule has 0 spiro atoms. The van der Waals surface area contributed by atoms with Crippen LogP contribution in [0.25, 0.3) is 5.65 Å². The van der Waals surface area contributed by atoms with Crippen molar-refractivity contribution in [2.24, 2.45) is 0 Å². The van der Waals surface area contributed by atoms with Gasteiger partial charge in [-0.15, -0.1) is 0 Å². The molecular weight excluding hydrogens is 225 g/mol. The fraction of sp³-hybridized carbons (Fsp3) is 0.125. The third-order valence-electron chi connectivity index (χ3n) is 1.79. The lowest BCUT2D eigenvalue weighted by Crippen LogP contribution is -2.37. The van der Waals surface area contributed by atoms with Crippen LogP contribution in [0.3, 0.4) is 0 Å². The van der Waals surface area contributed by atoms with E-state index in [1.165, 1.54) is 29.2 Å². The number of amides is 1. The monoisotopic (exact) mass is 230 g/mol. The third-order valence-corrected chi connectivity index (χ3v) is 1.79. The van der Waals surface area contributed by atoms with Crippen LogP contribution >= 0.6 is 0 Å². The number of alkyl halides is 3. The first-order valence-electron chi connectivity index (χ1n) is 4.15. The van der Waals surface area contributed by atoms with Gasteiger partial charge in [0.15, 0.2) is 5.65 Å². The van der Waals surface area contributed by atoms with Crippen molar-refractivity contribution in [2.75, 3.05) is 0 Å². The highest BCUT2D eigenvalue weighted by atomic mass is 19.4. The number of nitrogens with zero attached hydrogens (tertiary/aromatic N) is 3. The number of hydrogen-bond acceptors (Lipinski definition) is 3. The SMILES string of the molecule is O=C(NC(F)(F)F)c1ccnn2ccnc12. The van der Waals surface area contributed by atoms with E-state index in [4.69, 9.17) is 0 Å². The third kappa shape index (κ3) is 1.95. The molecule has 0 fully saturated rings. The van der Waals surface area contributed by atoms with Gasteiger partial charge < -0.3 is 0 Å². The Hall–Kier alpha value is -2.12. The number of nitrogens with one attached hydrogen (secondary N) is 1. The Kier molecular flexibility index (Phi) is 2.26. The molecule has 2 rings (SSSR count). The van der Waals surface area contributed by atoms with Crippen LogP contribution in [-0.2, 0) is 0 Å². The van der Waals surface area contributed by atoms with E-state index in [2.05, 4.69) is 10.1 Å². The molecule has 2 aromatic heterocycles. The second-order valence-corrected chi connectivity index (χ2v) is 2.89. The molecule has 1 amide bonds. The van der Waals surface area contributed by atoms with Gasteiger partial charge in [0.2, 0.25) is 0 Å². The minimum Gasteiger partial charge on any atom is -0.269 e. The summed E-state index contributed by atoms with van der Waals surface area (Å²) < 4.78 is 37.0. The van der Waals surface area contributed by atoms with Crippen LogP contribution in [0.5, 0.6) is 0 Å². The molecule has 0 aliphatic rings. The largest absolute Gasteiger partial charge is 0.484 e. The Balaban J connectivity index is 2.40. The van der Waals surface area contributed by atoms with Gasteiger partial charge in [0.1, 0.15) is 0 Å². The lowest BCUT2D eigenvalue weighted by atomic mass is 10.3. The zero-order valence-corrected chi connectivity index (χ0v) is 7.69. The number of carbonyl (C=O) groups is 1. The maximum absolute atomic E-state index is 11.9. The van der Waals surface area contributed by atoms with Crippen molar-refractivity contribution >= 4 is 11.6 Å².